The standard InChI is InChI=1S/C15H23NO2/c1-11(2)16-10-15(3,17)12-4-6-13(7-5-12)18-14-8-9-14/h4-7,11,14,16-17H,8-10H2,1-3H3. The minimum Gasteiger partial charge on any atom is -0.490 e. The zero-order chi connectivity index (χ0) is 13.2. The third-order valence-electron chi connectivity index (χ3n) is 3.16. The van der Waals surface area contributed by atoms with Gasteiger partial charge in [-0.3, -0.25) is 0 Å². The molecule has 0 spiro atoms. The molecule has 0 heterocycles. The maximum absolute atomic E-state index is 10.4. The molecule has 3 nitrogen and oxygen atoms in total. The summed E-state index contributed by atoms with van der Waals surface area (Å²) in [5.41, 5.74) is 0.0707. The van der Waals surface area contributed by atoms with Gasteiger partial charge in [0.25, 0.3) is 0 Å². The van der Waals surface area contributed by atoms with E-state index in [4.69, 9.17) is 4.74 Å². The van der Waals surface area contributed by atoms with Gasteiger partial charge in [0.1, 0.15) is 5.75 Å². The minimum absolute atomic E-state index is 0.369. The van der Waals surface area contributed by atoms with E-state index in [2.05, 4.69) is 19.2 Å². The summed E-state index contributed by atoms with van der Waals surface area (Å²) in [6.07, 6.45) is 2.74. The third kappa shape index (κ3) is 3.72. The fraction of sp³-hybridized carbons (Fsp3) is 0.600. The first-order valence-electron chi connectivity index (χ1n) is 6.70. The molecule has 100 valence electrons. The number of rotatable bonds is 6. The summed E-state index contributed by atoms with van der Waals surface area (Å²) in [5, 5.41) is 13.7. The molecule has 1 atom stereocenters. The number of nitrogens with one attached hydrogen (secondary N) is 1. The van der Waals surface area contributed by atoms with E-state index < -0.39 is 5.60 Å². The molecule has 0 aliphatic heterocycles. The Morgan fingerprint density at radius 1 is 1.33 bits per heavy atom. The lowest BCUT2D eigenvalue weighted by Gasteiger charge is -2.25. The summed E-state index contributed by atoms with van der Waals surface area (Å²) in [7, 11) is 0. The van der Waals surface area contributed by atoms with E-state index in [0.29, 0.717) is 18.7 Å². The monoisotopic (exact) mass is 249 g/mol. The maximum atomic E-state index is 10.4. The Labute approximate surface area is 109 Å². The van der Waals surface area contributed by atoms with E-state index in [1.165, 1.54) is 0 Å². The highest BCUT2D eigenvalue weighted by molar-refractivity contribution is 5.31. The van der Waals surface area contributed by atoms with Gasteiger partial charge in [-0.05, 0) is 37.5 Å². The molecule has 1 unspecified atom stereocenters. The van der Waals surface area contributed by atoms with E-state index in [1.807, 2.05) is 31.2 Å². The smallest absolute Gasteiger partial charge is 0.119 e. The van der Waals surface area contributed by atoms with Crippen LogP contribution >= 0.6 is 0 Å². The van der Waals surface area contributed by atoms with Crippen LogP contribution in [0.4, 0.5) is 0 Å². The summed E-state index contributed by atoms with van der Waals surface area (Å²) < 4.78 is 5.69. The predicted molar refractivity (Wildman–Crippen MR) is 72.8 cm³/mol. The number of aliphatic hydroxyl groups is 1. The predicted octanol–water partition coefficient (Wildman–Crippen LogP) is 2.43. The molecule has 0 bridgehead atoms. The van der Waals surface area contributed by atoms with Crippen LogP contribution in [0.5, 0.6) is 5.75 Å². The van der Waals surface area contributed by atoms with Gasteiger partial charge < -0.3 is 15.2 Å². The van der Waals surface area contributed by atoms with Crippen molar-refractivity contribution in [2.45, 2.75) is 51.4 Å². The topological polar surface area (TPSA) is 41.5 Å². The minimum atomic E-state index is -0.845. The number of ether oxygens (including phenoxy) is 1. The fourth-order valence-corrected chi connectivity index (χ4v) is 1.78. The van der Waals surface area contributed by atoms with Gasteiger partial charge in [-0.25, -0.2) is 0 Å². The quantitative estimate of drug-likeness (QED) is 0.813. The lowest BCUT2D eigenvalue weighted by atomic mass is 9.95. The molecule has 1 aliphatic rings. The number of hydrogen-bond donors (Lipinski definition) is 2. The van der Waals surface area contributed by atoms with Crippen LogP contribution in [0, 0.1) is 0 Å². The van der Waals surface area contributed by atoms with Gasteiger partial charge in [-0.15, -0.1) is 0 Å². The number of benzene rings is 1. The highest BCUT2D eigenvalue weighted by Gasteiger charge is 2.25. The second-order valence-electron chi connectivity index (χ2n) is 5.65. The third-order valence-corrected chi connectivity index (χ3v) is 3.16. The Morgan fingerprint density at radius 3 is 2.44 bits per heavy atom. The maximum Gasteiger partial charge on any atom is 0.119 e. The lowest BCUT2D eigenvalue weighted by Crippen LogP contribution is -2.38. The molecule has 3 heteroatoms. The van der Waals surface area contributed by atoms with Crippen molar-refractivity contribution >= 4 is 0 Å². The number of hydrogen-bond acceptors (Lipinski definition) is 3. The Kier molecular flexibility index (Phi) is 3.93. The molecule has 1 aromatic rings. The molecule has 0 radical (unpaired) electrons. The normalized spacial score (nSPS) is 18.7. The van der Waals surface area contributed by atoms with E-state index in [1.54, 1.807) is 0 Å². The van der Waals surface area contributed by atoms with Crippen molar-refractivity contribution in [3.8, 4) is 5.75 Å². The first-order valence-corrected chi connectivity index (χ1v) is 6.70. The van der Waals surface area contributed by atoms with Crippen LogP contribution in [0.3, 0.4) is 0 Å². The van der Waals surface area contributed by atoms with Crippen molar-refractivity contribution in [1.29, 1.82) is 0 Å². The van der Waals surface area contributed by atoms with Crippen molar-refractivity contribution in [3.63, 3.8) is 0 Å². The van der Waals surface area contributed by atoms with Gasteiger partial charge >= 0.3 is 0 Å². The molecule has 18 heavy (non-hydrogen) atoms. The average Bonchev–Trinajstić information content (AvgIpc) is 3.11. The molecule has 1 saturated carbocycles. The highest BCUT2D eigenvalue weighted by Crippen LogP contribution is 2.28. The lowest BCUT2D eigenvalue weighted by molar-refractivity contribution is 0.0549. The van der Waals surface area contributed by atoms with Crippen molar-refractivity contribution in [3.05, 3.63) is 29.8 Å². The van der Waals surface area contributed by atoms with Gasteiger partial charge in [0.15, 0.2) is 0 Å². The van der Waals surface area contributed by atoms with E-state index in [-0.39, 0.29) is 0 Å². The first kappa shape index (κ1) is 13.4. The van der Waals surface area contributed by atoms with Crippen LogP contribution in [-0.2, 0) is 5.60 Å². The molecule has 2 N–H and O–H groups in total. The van der Waals surface area contributed by atoms with Crippen LogP contribution in [0.1, 0.15) is 39.2 Å². The SMILES string of the molecule is CC(C)NCC(C)(O)c1ccc(OC2CC2)cc1. The van der Waals surface area contributed by atoms with E-state index in [0.717, 1.165) is 24.2 Å². The van der Waals surface area contributed by atoms with E-state index in [9.17, 15) is 5.11 Å². The van der Waals surface area contributed by atoms with Gasteiger partial charge in [0.05, 0.1) is 11.7 Å². The van der Waals surface area contributed by atoms with Crippen LogP contribution in [-0.4, -0.2) is 23.8 Å². The highest BCUT2D eigenvalue weighted by atomic mass is 16.5. The molecule has 0 amide bonds. The van der Waals surface area contributed by atoms with Crippen molar-refractivity contribution in [1.82, 2.24) is 5.32 Å². The molecule has 2 rings (SSSR count). The Morgan fingerprint density at radius 2 is 1.94 bits per heavy atom. The second-order valence-corrected chi connectivity index (χ2v) is 5.65. The Hall–Kier alpha value is -1.06. The van der Waals surface area contributed by atoms with Crippen LogP contribution in [0.15, 0.2) is 24.3 Å². The summed E-state index contributed by atoms with van der Waals surface area (Å²) in [6, 6.07) is 8.14. The summed E-state index contributed by atoms with van der Waals surface area (Å²) in [5.74, 6) is 0.897. The largest absolute Gasteiger partial charge is 0.490 e. The zero-order valence-electron chi connectivity index (χ0n) is 11.4. The molecule has 1 fully saturated rings. The van der Waals surface area contributed by atoms with Crippen molar-refractivity contribution in [2.24, 2.45) is 0 Å². The molecule has 1 aliphatic carbocycles. The first-order chi connectivity index (χ1) is 8.47. The van der Waals surface area contributed by atoms with Gasteiger partial charge in [-0.2, -0.15) is 0 Å². The Bertz CT molecular complexity index is 380. The molecule has 0 saturated heterocycles. The van der Waals surface area contributed by atoms with Gasteiger partial charge in [-0.1, -0.05) is 26.0 Å². The zero-order valence-corrected chi connectivity index (χ0v) is 11.4. The summed E-state index contributed by atoms with van der Waals surface area (Å²) in [4.78, 5) is 0. The van der Waals surface area contributed by atoms with Crippen LogP contribution < -0.4 is 10.1 Å². The van der Waals surface area contributed by atoms with Crippen molar-refractivity contribution in [2.75, 3.05) is 6.54 Å². The van der Waals surface area contributed by atoms with Crippen molar-refractivity contribution < 1.29 is 9.84 Å². The Balaban J connectivity index is 1.97. The summed E-state index contributed by atoms with van der Waals surface area (Å²) >= 11 is 0. The van der Waals surface area contributed by atoms with Crippen LogP contribution in [0.2, 0.25) is 0 Å². The molecular formula is C15H23NO2. The van der Waals surface area contributed by atoms with Crippen LogP contribution in [0.25, 0.3) is 0 Å². The fourth-order valence-electron chi connectivity index (χ4n) is 1.78. The van der Waals surface area contributed by atoms with Gasteiger partial charge in [0, 0.05) is 12.6 Å². The van der Waals surface area contributed by atoms with E-state index >= 15 is 0 Å². The molecular weight excluding hydrogens is 226 g/mol. The second kappa shape index (κ2) is 5.29. The molecule has 0 aromatic heterocycles. The molecule has 1 aromatic carbocycles. The summed E-state index contributed by atoms with van der Waals surface area (Å²) in [6.45, 7) is 6.53. The van der Waals surface area contributed by atoms with Gasteiger partial charge in [0.2, 0.25) is 0 Å². The average molecular weight is 249 g/mol.